The Kier molecular flexibility index (Phi) is 5.99. The van der Waals surface area contributed by atoms with Gasteiger partial charge in [-0.3, -0.25) is 0 Å². The van der Waals surface area contributed by atoms with E-state index in [1.807, 2.05) is 20.8 Å². The molecule has 1 aromatic rings. The summed E-state index contributed by atoms with van der Waals surface area (Å²) in [6.07, 6.45) is 0.977. The Bertz CT molecular complexity index is 615. The molecular weight excluding hydrogens is 328 g/mol. The molecule has 0 atom stereocenters. The number of esters is 1. The van der Waals surface area contributed by atoms with E-state index in [1.54, 1.807) is 9.58 Å². The average Bonchev–Trinajstić information content (AvgIpc) is 2.96. The second-order valence-corrected chi connectivity index (χ2v) is 7.00. The van der Waals surface area contributed by atoms with Gasteiger partial charge in [0.25, 0.3) is 0 Å². The Hall–Kier alpha value is -2.16. The summed E-state index contributed by atoms with van der Waals surface area (Å²) in [5.41, 5.74) is 0.298. The largest absolute Gasteiger partial charge is 0.464 e. The number of amides is 1. The topological polar surface area (TPSA) is 107 Å². The second kappa shape index (κ2) is 7.81. The summed E-state index contributed by atoms with van der Waals surface area (Å²) in [6, 6.07) is 0. The van der Waals surface area contributed by atoms with Crippen LogP contribution in [-0.4, -0.2) is 69.5 Å². The van der Waals surface area contributed by atoms with Crippen LogP contribution < -0.4 is 0 Å². The van der Waals surface area contributed by atoms with Crippen LogP contribution in [0.2, 0.25) is 0 Å². The number of hydrogen-bond acceptors (Lipinski definition) is 7. The number of carbonyl (C=O) groups is 2. The SMILES string of the molecule is COC(=O)c1nnn(CCO)c1C1CCN(C(=O)OC(C)(C)C)CC1. The average molecular weight is 354 g/mol. The first-order valence-electron chi connectivity index (χ1n) is 8.37. The third-order valence-electron chi connectivity index (χ3n) is 4.00. The standard InChI is InChI=1S/C16H26N4O5/c1-16(2,3)25-15(23)19-7-5-11(6-8-19)13-12(14(22)24-4)17-18-20(13)9-10-21/h11,21H,5-10H2,1-4H3. The van der Waals surface area contributed by atoms with Crippen LogP contribution in [0.15, 0.2) is 0 Å². The first kappa shape index (κ1) is 19.2. The lowest BCUT2D eigenvalue weighted by molar-refractivity contribution is 0.0202. The summed E-state index contributed by atoms with van der Waals surface area (Å²) in [5, 5.41) is 17.1. The molecule has 0 bridgehead atoms. The van der Waals surface area contributed by atoms with Crippen molar-refractivity contribution in [3.8, 4) is 0 Å². The Morgan fingerprint density at radius 2 is 1.92 bits per heavy atom. The van der Waals surface area contributed by atoms with Crippen molar-refractivity contribution in [3.63, 3.8) is 0 Å². The molecule has 0 radical (unpaired) electrons. The van der Waals surface area contributed by atoms with E-state index in [9.17, 15) is 14.7 Å². The molecule has 1 fully saturated rings. The van der Waals surface area contributed by atoms with E-state index in [4.69, 9.17) is 9.47 Å². The minimum absolute atomic E-state index is 0.00865. The monoisotopic (exact) mass is 354 g/mol. The number of carbonyl (C=O) groups excluding carboxylic acids is 2. The molecule has 2 heterocycles. The Labute approximate surface area is 146 Å². The molecule has 0 unspecified atom stereocenters. The van der Waals surface area contributed by atoms with Crippen molar-refractivity contribution in [2.45, 2.75) is 51.7 Å². The van der Waals surface area contributed by atoms with Gasteiger partial charge in [0.05, 0.1) is 26.0 Å². The zero-order valence-corrected chi connectivity index (χ0v) is 15.2. The maximum absolute atomic E-state index is 12.2. The summed E-state index contributed by atoms with van der Waals surface area (Å²) in [7, 11) is 1.29. The lowest BCUT2D eigenvalue weighted by atomic mass is 9.92. The zero-order valence-electron chi connectivity index (χ0n) is 15.2. The highest BCUT2D eigenvalue weighted by atomic mass is 16.6. The van der Waals surface area contributed by atoms with Crippen LogP contribution in [-0.2, 0) is 16.0 Å². The van der Waals surface area contributed by atoms with Crippen molar-refractivity contribution >= 4 is 12.1 Å². The van der Waals surface area contributed by atoms with Crippen molar-refractivity contribution < 1.29 is 24.2 Å². The van der Waals surface area contributed by atoms with Gasteiger partial charge in [0, 0.05) is 19.0 Å². The van der Waals surface area contributed by atoms with Crippen LogP contribution in [0.5, 0.6) is 0 Å². The van der Waals surface area contributed by atoms with Gasteiger partial charge >= 0.3 is 12.1 Å². The van der Waals surface area contributed by atoms with E-state index in [0.29, 0.717) is 31.6 Å². The van der Waals surface area contributed by atoms with Gasteiger partial charge in [-0.1, -0.05) is 5.21 Å². The fourth-order valence-electron chi connectivity index (χ4n) is 2.89. The van der Waals surface area contributed by atoms with E-state index < -0.39 is 11.6 Å². The predicted octanol–water partition coefficient (Wildman–Crippen LogP) is 1.17. The Balaban J connectivity index is 2.11. The van der Waals surface area contributed by atoms with E-state index in [-0.39, 0.29) is 30.9 Å². The number of hydrogen-bond donors (Lipinski definition) is 1. The summed E-state index contributed by atoms with van der Waals surface area (Å²) >= 11 is 0. The van der Waals surface area contributed by atoms with E-state index in [2.05, 4.69) is 10.3 Å². The number of likely N-dealkylation sites (tertiary alicyclic amines) is 1. The van der Waals surface area contributed by atoms with Crippen molar-refractivity contribution in [2.24, 2.45) is 0 Å². The first-order chi connectivity index (χ1) is 11.8. The number of ether oxygens (including phenoxy) is 2. The van der Waals surface area contributed by atoms with Crippen LogP contribution in [0, 0.1) is 0 Å². The highest BCUT2D eigenvalue weighted by molar-refractivity contribution is 5.88. The molecule has 1 aliphatic rings. The molecule has 0 spiro atoms. The quantitative estimate of drug-likeness (QED) is 0.809. The molecule has 140 valence electrons. The van der Waals surface area contributed by atoms with E-state index in [0.717, 1.165) is 0 Å². The maximum Gasteiger partial charge on any atom is 0.410 e. The molecule has 1 aliphatic heterocycles. The molecule has 0 aromatic carbocycles. The maximum atomic E-state index is 12.2. The molecule has 0 saturated carbocycles. The van der Waals surface area contributed by atoms with Crippen molar-refractivity contribution in [1.29, 1.82) is 0 Å². The summed E-state index contributed by atoms with van der Waals surface area (Å²) in [6.45, 7) is 6.69. The molecular formula is C16H26N4O5. The lowest BCUT2D eigenvalue weighted by Crippen LogP contribution is -2.41. The third-order valence-corrected chi connectivity index (χ3v) is 4.00. The summed E-state index contributed by atoms with van der Waals surface area (Å²) in [5.74, 6) is -0.539. The molecule has 1 N–H and O–H groups in total. The van der Waals surface area contributed by atoms with Gasteiger partial charge in [0.2, 0.25) is 0 Å². The molecule has 9 nitrogen and oxygen atoms in total. The molecule has 1 amide bonds. The van der Waals surface area contributed by atoms with Gasteiger partial charge in [-0.15, -0.1) is 5.10 Å². The molecule has 2 rings (SSSR count). The number of piperidine rings is 1. The van der Waals surface area contributed by atoms with Gasteiger partial charge in [0.1, 0.15) is 5.60 Å². The lowest BCUT2D eigenvalue weighted by Gasteiger charge is -2.33. The number of nitrogens with zero attached hydrogens (tertiary/aromatic N) is 4. The fourth-order valence-corrected chi connectivity index (χ4v) is 2.89. The van der Waals surface area contributed by atoms with Crippen molar-refractivity contribution in [1.82, 2.24) is 19.9 Å². The molecule has 1 saturated heterocycles. The van der Waals surface area contributed by atoms with Crippen molar-refractivity contribution in [2.75, 3.05) is 26.8 Å². The fraction of sp³-hybridized carbons (Fsp3) is 0.750. The summed E-state index contributed by atoms with van der Waals surface area (Å²) < 4.78 is 11.7. The number of methoxy groups -OCH3 is 1. The van der Waals surface area contributed by atoms with Gasteiger partial charge in [-0.05, 0) is 33.6 Å². The number of aromatic nitrogens is 3. The molecule has 9 heteroatoms. The zero-order chi connectivity index (χ0) is 18.6. The smallest absolute Gasteiger partial charge is 0.410 e. The second-order valence-electron chi connectivity index (χ2n) is 7.00. The predicted molar refractivity (Wildman–Crippen MR) is 88.2 cm³/mol. The molecule has 1 aromatic heterocycles. The summed E-state index contributed by atoms with van der Waals surface area (Å²) in [4.78, 5) is 25.8. The molecule has 0 aliphatic carbocycles. The van der Waals surface area contributed by atoms with Crippen LogP contribution >= 0.6 is 0 Å². The van der Waals surface area contributed by atoms with Crippen LogP contribution in [0.25, 0.3) is 0 Å². The van der Waals surface area contributed by atoms with E-state index in [1.165, 1.54) is 7.11 Å². The molecule has 25 heavy (non-hydrogen) atoms. The van der Waals surface area contributed by atoms with Gasteiger partial charge < -0.3 is 19.5 Å². The van der Waals surface area contributed by atoms with Crippen LogP contribution in [0.1, 0.15) is 55.7 Å². The Morgan fingerprint density at radius 3 is 2.44 bits per heavy atom. The van der Waals surface area contributed by atoms with Crippen molar-refractivity contribution in [3.05, 3.63) is 11.4 Å². The number of rotatable bonds is 4. The highest BCUT2D eigenvalue weighted by Gasteiger charge is 2.32. The first-order valence-corrected chi connectivity index (χ1v) is 8.37. The third kappa shape index (κ3) is 4.68. The number of aliphatic hydroxyl groups excluding tert-OH is 1. The number of aliphatic hydroxyl groups is 1. The highest BCUT2D eigenvalue weighted by Crippen LogP contribution is 2.30. The minimum Gasteiger partial charge on any atom is -0.464 e. The van der Waals surface area contributed by atoms with Gasteiger partial charge in [-0.25, -0.2) is 14.3 Å². The minimum atomic E-state index is -0.547. The van der Waals surface area contributed by atoms with E-state index >= 15 is 0 Å². The van der Waals surface area contributed by atoms with Gasteiger partial charge in [0.15, 0.2) is 5.69 Å². The van der Waals surface area contributed by atoms with Crippen LogP contribution in [0.3, 0.4) is 0 Å². The Morgan fingerprint density at radius 1 is 1.28 bits per heavy atom. The normalized spacial score (nSPS) is 16.0. The van der Waals surface area contributed by atoms with Crippen LogP contribution in [0.4, 0.5) is 4.79 Å². The van der Waals surface area contributed by atoms with Gasteiger partial charge in [-0.2, -0.15) is 0 Å².